The third kappa shape index (κ3) is 34.3. The van der Waals surface area contributed by atoms with E-state index in [2.05, 4.69) is 16.0 Å². The van der Waals surface area contributed by atoms with Crippen LogP contribution in [0.5, 0.6) is 5.75 Å². The van der Waals surface area contributed by atoms with Gasteiger partial charge in [0.05, 0.1) is 57.6 Å². The van der Waals surface area contributed by atoms with Gasteiger partial charge in [-0.05, 0) is 93.2 Å². The Bertz CT molecular complexity index is 2750. The fraction of sp³-hybridized carbons (Fsp3) is 0.522. The topological polar surface area (TPSA) is 290 Å². The average molecular weight is 1250 g/mol. The molecule has 4 rings (SSSR count). The van der Waals surface area contributed by atoms with Crippen LogP contribution in [0.2, 0.25) is 0 Å². The Hall–Kier alpha value is -7.69. The van der Waals surface area contributed by atoms with Gasteiger partial charge in [-0.15, -0.1) is 0 Å². The number of benzene rings is 4. The van der Waals surface area contributed by atoms with Gasteiger partial charge in [0.1, 0.15) is 31.2 Å². The van der Waals surface area contributed by atoms with E-state index in [0.29, 0.717) is 63.9 Å². The van der Waals surface area contributed by atoms with Crippen LogP contribution in [0.15, 0.2) is 115 Å². The van der Waals surface area contributed by atoms with Crippen LogP contribution in [0.3, 0.4) is 0 Å². The molecule has 0 heterocycles. The molecule has 3 amide bonds. The van der Waals surface area contributed by atoms with Crippen molar-refractivity contribution < 1.29 is 81.0 Å². The Labute approximate surface area is 530 Å². The van der Waals surface area contributed by atoms with Crippen molar-refractivity contribution in [2.45, 2.75) is 156 Å². The summed E-state index contributed by atoms with van der Waals surface area (Å²) in [5.41, 5.74) is 7.35. The highest BCUT2D eigenvalue weighted by molar-refractivity contribution is 5.97. The molecule has 0 fully saturated rings. The number of rotatable bonds is 43. The number of hydrogen-bond acceptors (Lipinski definition) is 18. The Morgan fingerprint density at radius 2 is 0.978 bits per heavy atom. The minimum Gasteiger partial charge on any atom is -0.489 e. The first-order valence-electron chi connectivity index (χ1n) is 30.7. The molecule has 4 aromatic carbocycles. The first-order chi connectivity index (χ1) is 43.1. The molecule has 21 nitrogen and oxygen atoms in total. The third-order valence-corrected chi connectivity index (χ3v) is 13.6. The second-order valence-electron chi connectivity index (χ2n) is 23.1. The zero-order valence-electron chi connectivity index (χ0n) is 53.8. The molecule has 0 radical (unpaired) electrons. The second kappa shape index (κ2) is 43.9. The van der Waals surface area contributed by atoms with E-state index < -0.39 is 108 Å². The molecular formula is C69H96N4O17. The zero-order valence-corrected chi connectivity index (χ0v) is 53.8. The van der Waals surface area contributed by atoms with Crippen LogP contribution in [0.4, 0.5) is 0 Å². The van der Waals surface area contributed by atoms with E-state index in [1.165, 1.54) is 14.0 Å². The number of ketones is 3. The highest BCUT2D eigenvalue weighted by Crippen LogP contribution is 2.24. The predicted molar refractivity (Wildman–Crippen MR) is 338 cm³/mol. The molecule has 5 atom stereocenters. The fourth-order valence-corrected chi connectivity index (χ4v) is 9.05. The number of esters is 3. The molecule has 21 heteroatoms. The normalized spacial score (nSPS) is 12.8. The predicted octanol–water partition coefficient (Wildman–Crippen LogP) is 7.88. The summed E-state index contributed by atoms with van der Waals surface area (Å²) >= 11 is 0. The van der Waals surface area contributed by atoms with Gasteiger partial charge < -0.3 is 59.6 Å². The molecule has 0 spiro atoms. The highest BCUT2D eigenvalue weighted by Gasteiger charge is 2.35. The summed E-state index contributed by atoms with van der Waals surface area (Å²) in [5, 5.41) is 8.22. The molecule has 0 aliphatic carbocycles. The maximum absolute atomic E-state index is 14.8. The number of nitrogens with two attached hydrogens (primary N) is 1. The first kappa shape index (κ1) is 76.6. The van der Waals surface area contributed by atoms with E-state index in [0.717, 1.165) is 16.7 Å². The van der Waals surface area contributed by atoms with Crippen LogP contribution < -0.4 is 26.4 Å². The molecule has 0 aliphatic heterocycles. The summed E-state index contributed by atoms with van der Waals surface area (Å²) < 4.78 is 42.8. The second-order valence-corrected chi connectivity index (χ2v) is 23.1. The Morgan fingerprint density at radius 1 is 0.489 bits per heavy atom. The molecule has 5 N–H and O–H groups in total. The lowest BCUT2D eigenvalue weighted by molar-refractivity contribution is -0.156. The van der Waals surface area contributed by atoms with E-state index in [1.54, 1.807) is 88.5 Å². The number of Topliss-reactive ketones (excluding diaryl/α,β-unsaturated/α-hetero) is 3. The summed E-state index contributed by atoms with van der Waals surface area (Å²) in [6.45, 7) is 13.6. The van der Waals surface area contributed by atoms with Crippen LogP contribution >= 0.6 is 0 Å². The third-order valence-electron chi connectivity index (χ3n) is 13.6. The van der Waals surface area contributed by atoms with E-state index in [4.69, 9.17) is 43.6 Å². The van der Waals surface area contributed by atoms with Crippen molar-refractivity contribution in [2.24, 2.45) is 23.5 Å². The van der Waals surface area contributed by atoms with E-state index in [9.17, 15) is 43.2 Å². The first-order valence-corrected chi connectivity index (χ1v) is 30.7. The van der Waals surface area contributed by atoms with Gasteiger partial charge in [0, 0.05) is 78.2 Å². The van der Waals surface area contributed by atoms with Gasteiger partial charge in [-0.3, -0.25) is 43.2 Å². The lowest BCUT2D eigenvalue weighted by Crippen LogP contribution is -2.48. The van der Waals surface area contributed by atoms with Crippen molar-refractivity contribution in [3.63, 3.8) is 0 Å². The van der Waals surface area contributed by atoms with E-state index >= 15 is 0 Å². The number of carbonyl (C=O) groups is 9. The minimum absolute atomic E-state index is 0.00292. The van der Waals surface area contributed by atoms with Gasteiger partial charge in [0.15, 0.2) is 17.3 Å². The van der Waals surface area contributed by atoms with Gasteiger partial charge in [0.25, 0.3) is 0 Å². The van der Waals surface area contributed by atoms with Gasteiger partial charge in [-0.1, -0.05) is 117 Å². The molecule has 0 bridgehead atoms. The molecule has 0 aromatic heterocycles. The molecule has 0 saturated heterocycles. The van der Waals surface area contributed by atoms with Crippen LogP contribution in [0.25, 0.3) is 0 Å². The molecule has 0 aliphatic rings. The number of ether oxygens (including phenoxy) is 8. The quantitative estimate of drug-likeness (QED) is 0.0186. The SMILES string of the molecule is COCCOCCCC(=O)[C@@H](CCC(=O)OCc1ccccc1)NC(=O)[C@H](CCC(=O)OCc1ccccc1)CC(=O)[C@@H](CC(C)C)NC(=O)[C@@H](CC(=O)[C@H](CC(=O)OC(C)(C)C)NC(C)=O)Cc1ccc(OCc2ccccc2)cc1.COCCOCCN. The van der Waals surface area contributed by atoms with Crippen LogP contribution in [0.1, 0.15) is 128 Å². The standard InChI is InChI=1S/C64H83N3O15.C5H13NO2/c1-44(2)36-54(67-63(76)51(39-58(71)55(65-45(3)68)40-61(74)82-64(4,5)6)37-46-25-28-52(29-26-46)79-41-47-18-11-8-12-19-47)57(70)38-50(27-31-59(72)80-42-48-20-13-9-14-21-48)62(75)66-53(56(69)24-17-33-78-35-34-77-7)30-32-60(73)81-43-49-22-15-10-16-23-49;1-7-4-5-8-3-2-6/h8-16,18-23,25-26,28-29,44,50-51,53-55H,17,24,27,30-43H2,1-7H3,(H,65,68)(H,66,75)(H,67,76);2-6H2,1H3/t50-,51-,53-,54-,55+;/m1./s1. The smallest absolute Gasteiger partial charge is 0.308 e. The molecular weight excluding hydrogens is 1160 g/mol. The number of nitrogens with one attached hydrogen (secondary N) is 3. The number of methoxy groups -OCH3 is 2. The summed E-state index contributed by atoms with van der Waals surface area (Å²) in [6, 6.07) is 30.9. The van der Waals surface area contributed by atoms with Crippen LogP contribution in [0, 0.1) is 17.8 Å². The Balaban J connectivity index is 0.00000246. The van der Waals surface area contributed by atoms with E-state index in [-0.39, 0.29) is 70.7 Å². The van der Waals surface area contributed by atoms with Gasteiger partial charge in [-0.25, -0.2) is 0 Å². The summed E-state index contributed by atoms with van der Waals surface area (Å²) in [4.78, 5) is 124. The number of carbonyl (C=O) groups excluding carboxylic acids is 9. The maximum atomic E-state index is 14.8. The van der Waals surface area contributed by atoms with Crippen molar-refractivity contribution in [1.82, 2.24) is 16.0 Å². The molecule has 0 unspecified atom stereocenters. The lowest BCUT2D eigenvalue weighted by Gasteiger charge is -2.27. The van der Waals surface area contributed by atoms with Crippen LogP contribution in [-0.4, -0.2) is 137 Å². The van der Waals surface area contributed by atoms with Gasteiger partial charge in [0.2, 0.25) is 17.7 Å². The van der Waals surface area contributed by atoms with Crippen molar-refractivity contribution in [3.8, 4) is 5.75 Å². The summed E-state index contributed by atoms with van der Waals surface area (Å²) in [6.07, 6.45) is -1.89. The maximum Gasteiger partial charge on any atom is 0.308 e. The van der Waals surface area contributed by atoms with Crippen molar-refractivity contribution in [2.75, 3.05) is 60.4 Å². The number of amides is 3. The number of hydrogen-bond donors (Lipinski definition) is 4. The Morgan fingerprint density at radius 3 is 1.49 bits per heavy atom. The summed E-state index contributed by atoms with van der Waals surface area (Å²) in [5.74, 6) is -7.56. The summed E-state index contributed by atoms with van der Waals surface area (Å²) in [7, 11) is 3.18. The molecule has 4 aromatic rings. The largest absolute Gasteiger partial charge is 0.489 e. The Kier molecular flexibility index (Phi) is 37.3. The van der Waals surface area contributed by atoms with E-state index in [1.807, 2.05) is 68.4 Å². The fourth-order valence-electron chi connectivity index (χ4n) is 9.05. The lowest BCUT2D eigenvalue weighted by atomic mass is 9.88. The van der Waals surface area contributed by atoms with Crippen molar-refractivity contribution in [1.29, 1.82) is 0 Å². The average Bonchev–Trinajstić information content (AvgIpc) is 2.23. The van der Waals surface area contributed by atoms with Crippen LogP contribution in [-0.2, 0) is 103 Å². The monoisotopic (exact) mass is 1250 g/mol. The van der Waals surface area contributed by atoms with Crippen molar-refractivity contribution >= 4 is 53.0 Å². The zero-order chi connectivity index (χ0) is 66.1. The minimum atomic E-state index is -1.34. The molecule has 90 heavy (non-hydrogen) atoms. The van der Waals surface area contributed by atoms with Crippen molar-refractivity contribution in [3.05, 3.63) is 138 Å². The molecule has 0 saturated carbocycles. The van der Waals surface area contributed by atoms with Gasteiger partial charge in [-0.2, -0.15) is 0 Å². The molecule has 494 valence electrons. The highest BCUT2D eigenvalue weighted by atomic mass is 16.6. The van der Waals surface area contributed by atoms with Gasteiger partial charge >= 0.3 is 17.9 Å².